The Morgan fingerprint density at radius 3 is 1.33 bits per heavy atom. The number of unbranched alkanes of at least 4 members (excludes halogenated alkanes) is 12. The number of aryl methyl sites for hydroxylation is 3. The smallest absolute Gasteiger partial charge is 0.171 e. The van der Waals surface area contributed by atoms with E-state index in [-0.39, 0.29) is 0 Å². The first-order valence-corrected chi connectivity index (χ1v) is 12.3. The second kappa shape index (κ2) is 17.3. The van der Waals surface area contributed by atoms with E-state index < -0.39 is 0 Å². The number of hydrogen-bond donors (Lipinski definition) is 0. The van der Waals surface area contributed by atoms with Gasteiger partial charge in [0.05, 0.1) is 0 Å². The molecule has 0 aliphatic carbocycles. The Morgan fingerprint density at radius 2 is 0.926 bits per heavy atom. The van der Waals surface area contributed by atoms with Crippen LogP contribution in [0, 0.1) is 0 Å². The van der Waals surface area contributed by atoms with E-state index in [4.69, 9.17) is 0 Å². The van der Waals surface area contributed by atoms with Crippen LogP contribution in [-0.4, -0.2) is 0 Å². The minimum Gasteiger partial charge on any atom is -0.205 e. The molecule has 0 saturated heterocycles. The third-order valence-corrected chi connectivity index (χ3v) is 5.63. The monoisotopic (exact) mass is 374 g/mol. The number of nitrogens with zero attached hydrogens (tertiary/aromatic N) is 1. The highest BCUT2D eigenvalue weighted by molar-refractivity contribution is 5.15. The third-order valence-electron chi connectivity index (χ3n) is 5.63. The van der Waals surface area contributed by atoms with Gasteiger partial charge in [0.1, 0.15) is 6.54 Å². The molecule has 1 aromatic heterocycles. The Labute approximate surface area is 171 Å². The van der Waals surface area contributed by atoms with Gasteiger partial charge >= 0.3 is 0 Å². The van der Waals surface area contributed by atoms with Crippen molar-refractivity contribution in [3.8, 4) is 0 Å². The Bertz CT molecular complexity index is 427. The van der Waals surface area contributed by atoms with Crippen molar-refractivity contribution in [1.82, 2.24) is 0 Å². The molecule has 0 atom stereocenters. The van der Waals surface area contributed by atoms with Crippen molar-refractivity contribution in [2.45, 2.75) is 136 Å². The molecule has 1 heteroatoms. The SMILES string of the molecule is CCCCCCCCCCCCCCC[n+]1cc(CCC)cc(CCC)c1. The summed E-state index contributed by atoms with van der Waals surface area (Å²) in [5.41, 5.74) is 3.05. The van der Waals surface area contributed by atoms with Gasteiger partial charge in [-0.1, -0.05) is 104 Å². The minimum absolute atomic E-state index is 1.20. The van der Waals surface area contributed by atoms with Crippen LogP contribution in [0.4, 0.5) is 0 Å². The fraction of sp³-hybridized carbons (Fsp3) is 0.808. The molecule has 1 rings (SSSR count). The summed E-state index contributed by atoms with van der Waals surface area (Å²) in [7, 11) is 0. The maximum atomic E-state index is 2.47. The predicted molar refractivity (Wildman–Crippen MR) is 120 cm³/mol. The minimum atomic E-state index is 1.20. The van der Waals surface area contributed by atoms with Crippen molar-refractivity contribution in [2.24, 2.45) is 0 Å². The second-order valence-corrected chi connectivity index (χ2v) is 8.53. The zero-order valence-electron chi connectivity index (χ0n) is 18.9. The highest BCUT2D eigenvalue weighted by Gasteiger charge is 2.07. The first kappa shape index (κ1) is 24.2. The first-order chi connectivity index (χ1) is 13.3. The van der Waals surface area contributed by atoms with E-state index in [1.807, 2.05) is 0 Å². The van der Waals surface area contributed by atoms with E-state index in [0.29, 0.717) is 0 Å². The van der Waals surface area contributed by atoms with Crippen molar-refractivity contribution in [2.75, 3.05) is 0 Å². The lowest BCUT2D eigenvalue weighted by Gasteiger charge is -2.05. The van der Waals surface area contributed by atoms with Gasteiger partial charge in [0, 0.05) is 17.5 Å². The average molecular weight is 375 g/mol. The van der Waals surface area contributed by atoms with Crippen LogP contribution in [0.2, 0.25) is 0 Å². The number of rotatable bonds is 18. The molecule has 0 radical (unpaired) electrons. The van der Waals surface area contributed by atoms with E-state index in [1.165, 1.54) is 127 Å². The van der Waals surface area contributed by atoms with Gasteiger partial charge in [-0.2, -0.15) is 0 Å². The fourth-order valence-electron chi connectivity index (χ4n) is 4.07. The zero-order valence-corrected chi connectivity index (χ0v) is 18.9. The molecular weight excluding hydrogens is 326 g/mol. The van der Waals surface area contributed by atoms with Gasteiger partial charge in [-0.25, -0.2) is 4.57 Å². The van der Waals surface area contributed by atoms with Crippen molar-refractivity contribution in [3.05, 3.63) is 29.6 Å². The molecule has 0 aromatic carbocycles. The van der Waals surface area contributed by atoms with Crippen molar-refractivity contribution >= 4 is 0 Å². The fourth-order valence-corrected chi connectivity index (χ4v) is 4.07. The van der Waals surface area contributed by atoms with Crippen molar-refractivity contribution in [1.29, 1.82) is 0 Å². The molecule has 1 aromatic rings. The molecule has 0 unspecified atom stereocenters. The van der Waals surface area contributed by atoms with Crippen LogP contribution in [0.3, 0.4) is 0 Å². The largest absolute Gasteiger partial charge is 0.205 e. The van der Waals surface area contributed by atoms with Crippen LogP contribution in [0.1, 0.15) is 128 Å². The Morgan fingerprint density at radius 1 is 0.519 bits per heavy atom. The molecule has 0 N–H and O–H groups in total. The summed E-state index contributed by atoms with van der Waals surface area (Å²) in [6.07, 6.45) is 28.3. The van der Waals surface area contributed by atoms with Crippen LogP contribution in [-0.2, 0) is 19.4 Å². The molecule has 0 bridgehead atoms. The van der Waals surface area contributed by atoms with Gasteiger partial charge in [-0.05, 0) is 25.3 Å². The summed E-state index contributed by atoms with van der Waals surface area (Å²) in [6.45, 7) is 8.06. The summed E-state index contributed by atoms with van der Waals surface area (Å²) in [5, 5.41) is 0. The molecule has 0 amide bonds. The number of pyridine rings is 1. The Balaban J connectivity index is 2.06. The lowest BCUT2D eigenvalue weighted by molar-refractivity contribution is -0.698. The molecule has 1 nitrogen and oxygen atoms in total. The zero-order chi connectivity index (χ0) is 19.6. The van der Waals surface area contributed by atoms with Crippen LogP contribution in [0.25, 0.3) is 0 Å². The lowest BCUT2D eigenvalue weighted by Crippen LogP contribution is -2.34. The van der Waals surface area contributed by atoms with Gasteiger partial charge in [-0.3, -0.25) is 0 Å². The van der Waals surface area contributed by atoms with Gasteiger partial charge in [-0.15, -0.1) is 0 Å². The van der Waals surface area contributed by atoms with Crippen LogP contribution < -0.4 is 4.57 Å². The third kappa shape index (κ3) is 13.0. The van der Waals surface area contributed by atoms with Gasteiger partial charge in [0.25, 0.3) is 0 Å². The van der Waals surface area contributed by atoms with Crippen LogP contribution in [0.5, 0.6) is 0 Å². The topological polar surface area (TPSA) is 3.88 Å². The maximum Gasteiger partial charge on any atom is 0.171 e. The van der Waals surface area contributed by atoms with E-state index in [1.54, 1.807) is 0 Å². The summed E-state index contributed by atoms with van der Waals surface area (Å²) in [6, 6.07) is 2.42. The van der Waals surface area contributed by atoms with Gasteiger partial charge < -0.3 is 0 Å². The van der Waals surface area contributed by atoms with Gasteiger partial charge in [0.15, 0.2) is 12.4 Å². The van der Waals surface area contributed by atoms with Crippen molar-refractivity contribution in [3.63, 3.8) is 0 Å². The summed E-state index contributed by atoms with van der Waals surface area (Å²) < 4.78 is 2.47. The molecule has 156 valence electrons. The van der Waals surface area contributed by atoms with E-state index in [0.717, 1.165) is 0 Å². The number of hydrogen-bond acceptors (Lipinski definition) is 0. The molecule has 0 aliphatic heterocycles. The van der Waals surface area contributed by atoms with Crippen LogP contribution in [0.15, 0.2) is 18.5 Å². The maximum absolute atomic E-state index is 2.47. The summed E-state index contributed by atoms with van der Waals surface area (Å²) in [4.78, 5) is 0. The standard InChI is InChI=1S/C26H48N/c1-4-7-8-9-10-11-12-13-14-15-16-17-18-21-27-23-25(19-5-2)22-26(24-27)20-6-3/h22-24H,4-21H2,1-3H3/q+1. The Hall–Kier alpha value is -0.850. The number of aromatic nitrogens is 1. The highest BCUT2D eigenvalue weighted by Crippen LogP contribution is 2.13. The summed E-state index contributed by atoms with van der Waals surface area (Å²) >= 11 is 0. The van der Waals surface area contributed by atoms with Crippen molar-refractivity contribution < 1.29 is 4.57 Å². The lowest BCUT2D eigenvalue weighted by atomic mass is 10.0. The highest BCUT2D eigenvalue weighted by atomic mass is 14.9. The molecule has 0 aliphatic rings. The average Bonchev–Trinajstić information content (AvgIpc) is 2.66. The van der Waals surface area contributed by atoms with Crippen LogP contribution >= 0.6 is 0 Å². The quantitative estimate of drug-likeness (QED) is 0.181. The first-order valence-electron chi connectivity index (χ1n) is 12.3. The molecule has 0 fully saturated rings. The molecular formula is C26H48N+. The normalized spacial score (nSPS) is 11.2. The summed E-state index contributed by atoms with van der Waals surface area (Å²) in [5.74, 6) is 0. The predicted octanol–water partition coefficient (Wildman–Crippen LogP) is 7.97. The Kier molecular flexibility index (Phi) is 15.5. The molecule has 0 spiro atoms. The van der Waals surface area contributed by atoms with Gasteiger partial charge in [0.2, 0.25) is 0 Å². The van der Waals surface area contributed by atoms with E-state index >= 15 is 0 Å². The van der Waals surface area contributed by atoms with E-state index in [2.05, 4.69) is 43.8 Å². The molecule has 1 heterocycles. The molecule has 0 saturated carbocycles. The second-order valence-electron chi connectivity index (χ2n) is 8.53. The molecule has 27 heavy (non-hydrogen) atoms. The van der Waals surface area contributed by atoms with E-state index in [9.17, 15) is 0 Å².